The molecule has 0 aliphatic rings. The third-order valence-electron chi connectivity index (χ3n) is 4.93. The number of nitrogens with one attached hydrogen (secondary N) is 2. The first kappa shape index (κ1) is 20.9. The minimum Gasteiger partial charge on any atom is -0.497 e. The summed E-state index contributed by atoms with van der Waals surface area (Å²) in [4.78, 5) is 7.93. The second kappa shape index (κ2) is 8.79. The zero-order valence-electron chi connectivity index (χ0n) is 17.3. The molecule has 0 saturated heterocycles. The first-order chi connectivity index (χ1) is 15.0. The molecule has 0 aliphatic heterocycles. The van der Waals surface area contributed by atoms with Gasteiger partial charge in [-0.15, -0.1) is 0 Å². The summed E-state index contributed by atoms with van der Waals surface area (Å²) in [5.74, 6) is 2.03. The topological polar surface area (TPSA) is 93.3 Å². The first-order valence-corrected chi connectivity index (χ1v) is 11.2. The molecule has 2 N–H and O–H groups in total. The second-order valence-corrected chi connectivity index (χ2v) is 8.77. The number of aromatic nitrogens is 2. The fraction of sp³-hybridized carbons (Fsp3) is 0.174. The maximum Gasteiger partial charge on any atom is 0.240 e. The van der Waals surface area contributed by atoms with Crippen molar-refractivity contribution >= 4 is 21.1 Å². The molecule has 0 unspecified atom stereocenters. The van der Waals surface area contributed by atoms with Crippen molar-refractivity contribution in [1.29, 1.82) is 0 Å². The number of aromatic amines is 1. The molecular weight excluding hydrogens is 414 g/mol. The molecule has 160 valence electrons. The molecule has 31 heavy (non-hydrogen) atoms. The van der Waals surface area contributed by atoms with Crippen LogP contribution in [-0.4, -0.2) is 39.2 Å². The number of H-pyrrole nitrogens is 1. The molecule has 8 heteroatoms. The molecule has 3 aromatic carbocycles. The summed E-state index contributed by atoms with van der Waals surface area (Å²) in [5, 5.41) is 0. The second-order valence-electron chi connectivity index (χ2n) is 7.00. The average molecular weight is 438 g/mol. The highest BCUT2D eigenvalue weighted by Crippen LogP contribution is 2.24. The van der Waals surface area contributed by atoms with E-state index in [1.807, 2.05) is 42.5 Å². The van der Waals surface area contributed by atoms with Gasteiger partial charge in [-0.05, 0) is 42.3 Å². The normalized spacial score (nSPS) is 11.5. The van der Waals surface area contributed by atoms with Gasteiger partial charge in [0, 0.05) is 18.2 Å². The van der Waals surface area contributed by atoms with Crippen LogP contribution in [0.1, 0.15) is 5.56 Å². The molecule has 7 nitrogen and oxygen atoms in total. The van der Waals surface area contributed by atoms with Gasteiger partial charge in [-0.1, -0.05) is 30.3 Å². The van der Waals surface area contributed by atoms with Crippen LogP contribution < -0.4 is 14.2 Å². The Hall–Kier alpha value is -3.36. The lowest BCUT2D eigenvalue weighted by Crippen LogP contribution is -2.26. The van der Waals surface area contributed by atoms with E-state index in [2.05, 4.69) is 14.7 Å². The van der Waals surface area contributed by atoms with Crippen molar-refractivity contribution in [2.75, 3.05) is 20.8 Å². The van der Waals surface area contributed by atoms with Crippen molar-refractivity contribution in [3.8, 4) is 22.9 Å². The van der Waals surface area contributed by atoms with E-state index >= 15 is 0 Å². The van der Waals surface area contributed by atoms with Crippen molar-refractivity contribution in [3.63, 3.8) is 0 Å². The SMILES string of the molecule is COc1cc(CCNS(=O)(=O)c2ccc3nc(-c4ccccc4)[nH]c3c2)cc(OC)c1. The van der Waals surface area contributed by atoms with Crippen LogP contribution in [0.4, 0.5) is 0 Å². The fourth-order valence-corrected chi connectivity index (χ4v) is 4.37. The van der Waals surface area contributed by atoms with E-state index in [0.29, 0.717) is 34.8 Å². The molecule has 4 aromatic rings. The van der Waals surface area contributed by atoms with Crippen LogP contribution in [0.25, 0.3) is 22.4 Å². The lowest BCUT2D eigenvalue weighted by molar-refractivity contribution is 0.393. The van der Waals surface area contributed by atoms with Crippen LogP contribution >= 0.6 is 0 Å². The molecule has 0 amide bonds. The Labute approximate surface area is 181 Å². The van der Waals surface area contributed by atoms with Crippen LogP contribution in [-0.2, 0) is 16.4 Å². The smallest absolute Gasteiger partial charge is 0.240 e. The van der Waals surface area contributed by atoms with Gasteiger partial charge in [-0.3, -0.25) is 0 Å². The van der Waals surface area contributed by atoms with E-state index < -0.39 is 10.0 Å². The molecule has 0 aliphatic carbocycles. The van der Waals surface area contributed by atoms with Gasteiger partial charge in [0.25, 0.3) is 0 Å². The third kappa shape index (κ3) is 4.70. The van der Waals surface area contributed by atoms with Crippen LogP contribution in [0.2, 0.25) is 0 Å². The van der Waals surface area contributed by atoms with Gasteiger partial charge in [0.1, 0.15) is 17.3 Å². The Morgan fingerprint density at radius 2 is 1.65 bits per heavy atom. The van der Waals surface area contributed by atoms with Gasteiger partial charge >= 0.3 is 0 Å². The van der Waals surface area contributed by atoms with E-state index in [4.69, 9.17) is 9.47 Å². The molecule has 4 rings (SSSR count). The number of rotatable bonds is 8. The highest BCUT2D eigenvalue weighted by atomic mass is 32.2. The van der Waals surface area contributed by atoms with E-state index in [0.717, 1.165) is 11.1 Å². The highest BCUT2D eigenvalue weighted by Gasteiger charge is 2.16. The summed E-state index contributed by atoms with van der Waals surface area (Å²) >= 11 is 0. The first-order valence-electron chi connectivity index (χ1n) is 9.75. The molecule has 0 spiro atoms. The van der Waals surface area contributed by atoms with Gasteiger partial charge in [-0.2, -0.15) is 0 Å². The van der Waals surface area contributed by atoms with Crippen LogP contribution in [0.5, 0.6) is 11.5 Å². The molecule has 0 saturated carbocycles. The van der Waals surface area contributed by atoms with Crippen LogP contribution in [0, 0.1) is 0 Å². The number of methoxy groups -OCH3 is 2. The number of sulfonamides is 1. The van der Waals surface area contributed by atoms with E-state index in [-0.39, 0.29) is 11.4 Å². The van der Waals surface area contributed by atoms with Crippen molar-refractivity contribution in [2.45, 2.75) is 11.3 Å². The molecule has 1 heterocycles. The third-order valence-corrected chi connectivity index (χ3v) is 6.39. The van der Waals surface area contributed by atoms with Crippen LogP contribution in [0.3, 0.4) is 0 Å². The van der Waals surface area contributed by atoms with Gasteiger partial charge in [0.2, 0.25) is 10.0 Å². The molecule has 0 radical (unpaired) electrons. The summed E-state index contributed by atoms with van der Waals surface area (Å²) in [6.45, 7) is 0.245. The van der Waals surface area contributed by atoms with Crippen molar-refractivity contribution < 1.29 is 17.9 Å². The molecule has 0 fully saturated rings. The zero-order chi connectivity index (χ0) is 21.8. The van der Waals surface area contributed by atoms with Crippen molar-refractivity contribution in [1.82, 2.24) is 14.7 Å². The Bertz CT molecular complexity index is 1280. The minimum atomic E-state index is -3.67. The number of hydrogen-bond acceptors (Lipinski definition) is 5. The minimum absolute atomic E-state index is 0.187. The van der Waals surface area contributed by atoms with Gasteiger partial charge in [-0.25, -0.2) is 18.1 Å². The average Bonchev–Trinajstić information content (AvgIpc) is 3.23. The summed E-state index contributed by atoms with van der Waals surface area (Å²) < 4.78 is 38.8. The lowest BCUT2D eigenvalue weighted by Gasteiger charge is -2.10. The van der Waals surface area contributed by atoms with Gasteiger partial charge in [0.15, 0.2) is 0 Å². The van der Waals surface area contributed by atoms with Crippen LogP contribution in [0.15, 0.2) is 71.6 Å². The maximum atomic E-state index is 12.8. The van der Waals surface area contributed by atoms with E-state index in [1.165, 1.54) is 0 Å². The fourth-order valence-electron chi connectivity index (χ4n) is 3.31. The predicted molar refractivity (Wildman–Crippen MR) is 120 cm³/mol. The monoisotopic (exact) mass is 437 g/mol. The summed E-state index contributed by atoms with van der Waals surface area (Å²) in [6, 6.07) is 20.1. The number of hydrogen-bond donors (Lipinski definition) is 2. The zero-order valence-corrected chi connectivity index (χ0v) is 18.1. The molecular formula is C23H23N3O4S. The Morgan fingerprint density at radius 1 is 0.935 bits per heavy atom. The number of benzene rings is 3. The highest BCUT2D eigenvalue weighted by molar-refractivity contribution is 7.89. The quantitative estimate of drug-likeness (QED) is 0.438. The van der Waals surface area contributed by atoms with Gasteiger partial charge in [0.05, 0.1) is 30.1 Å². The molecule has 0 bridgehead atoms. The Kier molecular flexibility index (Phi) is 5.92. The maximum absolute atomic E-state index is 12.8. The number of ether oxygens (including phenoxy) is 2. The lowest BCUT2D eigenvalue weighted by atomic mass is 10.1. The molecule has 0 atom stereocenters. The standard InChI is InChI=1S/C23H23N3O4S/c1-29-18-12-16(13-19(14-18)30-2)10-11-24-31(27,28)20-8-9-21-22(15-20)26-23(25-21)17-6-4-3-5-7-17/h3-9,12-15,24H,10-11H2,1-2H3,(H,25,26). The number of nitrogens with zero attached hydrogens (tertiary/aromatic N) is 1. The Balaban J connectivity index is 1.49. The largest absolute Gasteiger partial charge is 0.497 e. The summed E-state index contributed by atoms with van der Waals surface area (Å²) in [6.07, 6.45) is 0.497. The predicted octanol–water partition coefficient (Wildman–Crippen LogP) is 3.77. The van der Waals surface area contributed by atoms with Crippen molar-refractivity contribution in [2.24, 2.45) is 0 Å². The number of imidazole rings is 1. The molecule has 1 aromatic heterocycles. The van der Waals surface area contributed by atoms with Gasteiger partial charge < -0.3 is 14.5 Å². The van der Waals surface area contributed by atoms with Crippen molar-refractivity contribution in [3.05, 3.63) is 72.3 Å². The Morgan fingerprint density at radius 3 is 2.32 bits per heavy atom. The van der Waals surface area contributed by atoms with E-state index in [1.54, 1.807) is 38.5 Å². The summed E-state index contributed by atoms with van der Waals surface area (Å²) in [7, 11) is -0.510. The summed E-state index contributed by atoms with van der Waals surface area (Å²) in [5.41, 5.74) is 3.23. The van der Waals surface area contributed by atoms with E-state index in [9.17, 15) is 8.42 Å². The number of fused-ring (bicyclic) bond motifs is 1.